The summed E-state index contributed by atoms with van der Waals surface area (Å²) in [6, 6.07) is 11.7. The van der Waals surface area contributed by atoms with Crippen molar-refractivity contribution in [3.8, 4) is 0 Å². The Morgan fingerprint density at radius 3 is 2.33 bits per heavy atom. The van der Waals surface area contributed by atoms with Gasteiger partial charge in [-0.05, 0) is 44.1 Å². The van der Waals surface area contributed by atoms with Crippen LogP contribution in [0.2, 0.25) is 0 Å². The first-order valence-corrected chi connectivity index (χ1v) is 12.5. The zero-order valence-corrected chi connectivity index (χ0v) is 23.0. The van der Waals surface area contributed by atoms with Crippen LogP contribution < -0.4 is 21.7 Å². The molecule has 2 heterocycles. The number of benzene rings is 1. The molecule has 0 amide bonds. The standard InChI is InChI=1S/C25H36N8.3ClH/c26-19-10-12-20(13-11-19)30-25-31-23(28-15-14-27-16-18-6-2-1-3-7-18)22-24(32-25)33(17-29-22)21-8-4-5-9-21;;;/h1-3,6-7,17,19-21,27H,4-5,8-16,26H2,(H2,28,30,31,32);3*1H. The molecule has 8 nitrogen and oxygen atoms in total. The third-order valence-corrected chi connectivity index (χ3v) is 7.01. The highest BCUT2D eigenvalue weighted by Crippen LogP contribution is 2.33. The summed E-state index contributed by atoms with van der Waals surface area (Å²) in [5, 5.41) is 10.6. The van der Waals surface area contributed by atoms with Gasteiger partial charge in [0.2, 0.25) is 5.95 Å². The summed E-state index contributed by atoms with van der Waals surface area (Å²) in [5.41, 5.74) is 9.18. The highest BCUT2D eigenvalue weighted by molar-refractivity contribution is 5.86. The van der Waals surface area contributed by atoms with E-state index >= 15 is 0 Å². The molecule has 1 aromatic carbocycles. The summed E-state index contributed by atoms with van der Waals surface area (Å²) in [5.74, 6) is 1.51. The van der Waals surface area contributed by atoms with E-state index in [4.69, 9.17) is 20.7 Å². The van der Waals surface area contributed by atoms with Gasteiger partial charge in [0.05, 0.1) is 6.33 Å². The van der Waals surface area contributed by atoms with E-state index in [0.29, 0.717) is 24.1 Å². The van der Waals surface area contributed by atoms with Crippen molar-refractivity contribution in [1.82, 2.24) is 24.8 Å². The van der Waals surface area contributed by atoms with Crippen LogP contribution >= 0.6 is 37.2 Å². The van der Waals surface area contributed by atoms with E-state index in [1.54, 1.807) is 0 Å². The van der Waals surface area contributed by atoms with Gasteiger partial charge in [-0.15, -0.1) is 37.2 Å². The van der Waals surface area contributed by atoms with Gasteiger partial charge in [-0.2, -0.15) is 9.97 Å². The first kappa shape index (κ1) is 30.4. The number of aromatic nitrogens is 4. The van der Waals surface area contributed by atoms with Crippen molar-refractivity contribution in [2.75, 3.05) is 23.7 Å². The fourth-order valence-electron chi connectivity index (χ4n) is 5.10. The number of nitrogens with zero attached hydrogens (tertiary/aromatic N) is 4. The van der Waals surface area contributed by atoms with Crippen LogP contribution in [0.1, 0.15) is 63.0 Å². The molecule has 5 N–H and O–H groups in total. The van der Waals surface area contributed by atoms with Gasteiger partial charge in [-0.1, -0.05) is 43.2 Å². The summed E-state index contributed by atoms with van der Waals surface area (Å²) in [6.07, 6.45) is 11.2. The Hall–Kier alpha value is -1.84. The van der Waals surface area contributed by atoms with Crippen LogP contribution in [-0.2, 0) is 6.54 Å². The average Bonchev–Trinajstić information content (AvgIpc) is 3.51. The van der Waals surface area contributed by atoms with E-state index in [0.717, 1.165) is 62.3 Å². The second-order valence-electron chi connectivity index (χ2n) is 9.50. The molecule has 2 aliphatic carbocycles. The Morgan fingerprint density at radius 1 is 0.889 bits per heavy atom. The lowest BCUT2D eigenvalue weighted by atomic mass is 9.92. The summed E-state index contributed by atoms with van der Waals surface area (Å²) in [4.78, 5) is 14.5. The predicted molar refractivity (Wildman–Crippen MR) is 155 cm³/mol. The number of hydrogen-bond acceptors (Lipinski definition) is 7. The van der Waals surface area contributed by atoms with Crippen LogP contribution in [0.5, 0.6) is 0 Å². The minimum atomic E-state index is 0. The Morgan fingerprint density at radius 2 is 1.61 bits per heavy atom. The van der Waals surface area contributed by atoms with E-state index in [1.165, 1.54) is 31.2 Å². The van der Waals surface area contributed by atoms with Gasteiger partial charge in [0.15, 0.2) is 17.0 Å². The maximum Gasteiger partial charge on any atom is 0.227 e. The molecule has 200 valence electrons. The van der Waals surface area contributed by atoms with Gasteiger partial charge in [-0.25, -0.2) is 4.98 Å². The van der Waals surface area contributed by atoms with E-state index in [9.17, 15) is 0 Å². The van der Waals surface area contributed by atoms with Crippen LogP contribution in [0.25, 0.3) is 11.2 Å². The lowest BCUT2D eigenvalue weighted by Gasteiger charge is -2.27. The van der Waals surface area contributed by atoms with Gasteiger partial charge in [0.25, 0.3) is 0 Å². The molecule has 0 saturated heterocycles. The number of hydrogen-bond donors (Lipinski definition) is 4. The molecule has 0 aliphatic heterocycles. The second-order valence-corrected chi connectivity index (χ2v) is 9.50. The second kappa shape index (κ2) is 14.8. The largest absolute Gasteiger partial charge is 0.367 e. The summed E-state index contributed by atoms with van der Waals surface area (Å²) in [6.45, 7) is 2.47. The molecule has 11 heteroatoms. The molecule has 2 saturated carbocycles. The van der Waals surface area contributed by atoms with E-state index < -0.39 is 0 Å². The van der Waals surface area contributed by atoms with Crippen molar-refractivity contribution in [3.05, 3.63) is 42.2 Å². The number of fused-ring (bicyclic) bond motifs is 1. The van der Waals surface area contributed by atoms with Crippen molar-refractivity contribution in [2.45, 2.75) is 76.0 Å². The number of nitrogens with one attached hydrogen (secondary N) is 3. The number of rotatable bonds is 9. The number of nitrogens with two attached hydrogens (primary N) is 1. The molecule has 3 aromatic rings. The monoisotopic (exact) mass is 556 g/mol. The van der Waals surface area contributed by atoms with Gasteiger partial charge < -0.3 is 26.3 Å². The molecule has 5 rings (SSSR count). The van der Waals surface area contributed by atoms with E-state index in [2.05, 4.69) is 44.8 Å². The van der Waals surface area contributed by atoms with Crippen molar-refractivity contribution in [1.29, 1.82) is 0 Å². The van der Waals surface area contributed by atoms with Gasteiger partial charge in [0.1, 0.15) is 0 Å². The minimum absolute atomic E-state index is 0. The van der Waals surface area contributed by atoms with Crippen LogP contribution in [0, 0.1) is 0 Å². The maximum absolute atomic E-state index is 6.09. The van der Waals surface area contributed by atoms with E-state index in [-0.39, 0.29) is 37.2 Å². The molecule has 2 aliphatic rings. The third kappa shape index (κ3) is 7.59. The number of anilines is 2. The lowest BCUT2D eigenvalue weighted by Crippen LogP contribution is -2.33. The average molecular weight is 558 g/mol. The Labute approximate surface area is 232 Å². The van der Waals surface area contributed by atoms with Crippen molar-refractivity contribution >= 4 is 60.2 Å². The van der Waals surface area contributed by atoms with Crippen LogP contribution in [0.3, 0.4) is 0 Å². The minimum Gasteiger partial charge on any atom is -0.367 e. The predicted octanol–water partition coefficient (Wildman–Crippen LogP) is 5.09. The Kier molecular flexibility index (Phi) is 12.5. The molecular weight excluding hydrogens is 519 g/mol. The summed E-state index contributed by atoms with van der Waals surface area (Å²) >= 11 is 0. The topological polar surface area (TPSA) is 106 Å². The van der Waals surface area contributed by atoms with Crippen molar-refractivity contribution in [3.63, 3.8) is 0 Å². The molecule has 0 radical (unpaired) electrons. The highest BCUT2D eigenvalue weighted by atomic mass is 35.5. The zero-order chi connectivity index (χ0) is 22.5. The smallest absolute Gasteiger partial charge is 0.227 e. The number of imidazole rings is 1. The number of halogens is 3. The fraction of sp³-hybridized carbons (Fsp3) is 0.560. The molecule has 2 fully saturated rings. The first-order valence-electron chi connectivity index (χ1n) is 12.5. The quantitative estimate of drug-likeness (QED) is 0.272. The molecule has 0 spiro atoms. The van der Waals surface area contributed by atoms with E-state index in [1.807, 2.05) is 12.4 Å². The Bertz CT molecular complexity index is 1030. The molecule has 0 unspecified atom stereocenters. The highest BCUT2D eigenvalue weighted by Gasteiger charge is 2.23. The SMILES string of the molecule is Cl.Cl.Cl.NC1CCC(Nc2nc(NCCNCc3ccccc3)c3ncn(C4CCCC4)c3n2)CC1. The molecule has 36 heavy (non-hydrogen) atoms. The fourth-order valence-corrected chi connectivity index (χ4v) is 5.10. The molecule has 2 aromatic heterocycles. The van der Waals surface area contributed by atoms with Crippen molar-refractivity contribution < 1.29 is 0 Å². The molecule has 0 atom stereocenters. The Balaban J connectivity index is 0.00000152. The first-order chi connectivity index (χ1) is 16.3. The van der Waals surface area contributed by atoms with Crippen molar-refractivity contribution in [2.24, 2.45) is 5.73 Å². The van der Waals surface area contributed by atoms with Gasteiger partial charge >= 0.3 is 0 Å². The molecular formula is C25H39Cl3N8. The lowest BCUT2D eigenvalue weighted by molar-refractivity contribution is 0.410. The zero-order valence-electron chi connectivity index (χ0n) is 20.6. The maximum atomic E-state index is 6.09. The normalized spacial score (nSPS) is 19.7. The van der Waals surface area contributed by atoms with Crippen LogP contribution in [0.4, 0.5) is 11.8 Å². The van der Waals surface area contributed by atoms with Crippen LogP contribution in [-0.4, -0.2) is 44.7 Å². The van der Waals surface area contributed by atoms with Crippen LogP contribution in [0.15, 0.2) is 36.7 Å². The summed E-state index contributed by atoms with van der Waals surface area (Å²) in [7, 11) is 0. The molecule has 0 bridgehead atoms. The third-order valence-electron chi connectivity index (χ3n) is 7.01. The van der Waals surface area contributed by atoms with Gasteiger partial charge in [-0.3, -0.25) is 0 Å². The van der Waals surface area contributed by atoms with Gasteiger partial charge in [0, 0.05) is 37.8 Å². The summed E-state index contributed by atoms with van der Waals surface area (Å²) < 4.78 is 2.27.